The summed E-state index contributed by atoms with van der Waals surface area (Å²) in [6.45, 7) is 0.791. The number of halogens is 2. The maximum atomic E-state index is 8.52. The van der Waals surface area contributed by atoms with Crippen LogP contribution >= 0.6 is 23.2 Å². The predicted molar refractivity (Wildman–Crippen MR) is 86.7 cm³/mol. The van der Waals surface area contributed by atoms with Crippen LogP contribution in [0.4, 0.5) is 0 Å². The van der Waals surface area contributed by atoms with E-state index in [4.69, 9.17) is 39.0 Å². The molecule has 21 heavy (non-hydrogen) atoms. The molecule has 114 valence electrons. The lowest BCUT2D eigenvalue weighted by molar-refractivity contribution is 0.152. The van der Waals surface area contributed by atoms with Crippen molar-refractivity contribution in [2.45, 2.75) is 32.1 Å². The van der Waals surface area contributed by atoms with Crippen molar-refractivity contribution < 1.29 is 4.84 Å². The summed E-state index contributed by atoms with van der Waals surface area (Å²) < 4.78 is 0. The maximum absolute atomic E-state index is 8.52. The van der Waals surface area contributed by atoms with Gasteiger partial charge in [-0.05, 0) is 31.4 Å². The lowest BCUT2D eigenvalue weighted by Crippen LogP contribution is -2.08. The first-order chi connectivity index (χ1) is 10.2. The van der Waals surface area contributed by atoms with Crippen molar-refractivity contribution in [3.63, 3.8) is 0 Å². The number of oxime groups is 1. The Kier molecular flexibility index (Phi) is 8.84. The van der Waals surface area contributed by atoms with Crippen molar-refractivity contribution in [2.75, 3.05) is 13.2 Å². The molecular weight excluding hydrogens is 309 g/mol. The van der Waals surface area contributed by atoms with Crippen LogP contribution in [0.1, 0.15) is 37.7 Å². The van der Waals surface area contributed by atoms with Crippen LogP contribution in [0.3, 0.4) is 0 Å². The predicted octanol–water partition coefficient (Wildman–Crippen LogP) is 4.15. The van der Waals surface area contributed by atoms with Crippen molar-refractivity contribution in [1.82, 2.24) is 0 Å². The molecule has 1 aromatic rings. The molecule has 0 aliphatic rings. The maximum Gasteiger partial charge on any atom is 0.129 e. The fourth-order valence-electron chi connectivity index (χ4n) is 1.77. The van der Waals surface area contributed by atoms with Gasteiger partial charge in [0.25, 0.3) is 0 Å². The summed E-state index contributed by atoms with van der Waals surface area (Å²) in [5.41, 5.74) is 7.10. The quantitative estimate of drug-likeness (QED) is 0.420. The Morgan fingerprint density at radius 3 is 2.71 bits per heavy atom. The van der Waals surface area contributed by atoms with Crippen molar-refractivity contribution >= 4 is 28.9 Å². The average molecular weight is 328 g/mol. The SMILES string of the molecule is N#CCCCCCC(=NOCCN)c1ccc(Cl)c(Cl)c1. The number of nitrogens with zero attached hydrogens (tertiary/aromatic N) is 2. The summed E-state index contributed by atoms with van der Waals surface area (Å²) in [6.07, 6.45) is 4.16. The second-order valence-corrected chi connectivity index (χ2v) is 5.32. The zero-order chi connectivity index (χ0) is 15.5. The average Bonchev–Trinajstić information content (AvgIpc) is 2.48. The minimum Gasteiger partial charge on any atom is -0.394 e. The zero-order valence-electron chi connectivity index (χ0n) is 11.8. The molecule has 0 atom stereocenters. The standard InChI is InChI=1S/C15H19Cl2N3O/c16-13-7-6-12(11-14(13)17)15(20-21-10-9-19)5-3-1-2-4-8-18/h6-7,11H,1-5,9-10,19H2. The molecule has 6 heteroatoms. The van der Waals surface area contributed by atoms with Gasteiger partial charge in [0.05, 0.1) is 21.8 Å². The van der Waals surface area contributed by atoms with E-state index in [0.717, 1.165) is 37.0 Å². The van der Waals surface area contributed by atoms with Crippen molar-refractivity contribution in [3.8, 4) is 6.07 Å². The van der Waals surface area contributed by atoms with E-state index in [1.807, 2.05) is 6.07 Å². The molecule has 0 fully saturated rings. The summed E-state index contributed by atoms with van der Waals surface area (Å²) >= 11 is 12.0. The van der Waals surface area contributed by atoms with Crippen LogP contribution in [0, 0.1) is 11.3 Å². The van der Waals surface area contributed by atoms with Gasteiger partial charge in [0.15, 0.2) is 0 Å². The highest BCUT2D eigenvalue weighted by atomic mass is 35.5. The van der Waals surface area contributed by atoms with E-state index in [1.165, 1.54) is 0 Å². The highest BCUT2D eigenvalue weighted by Gasteiger charge is 2.08. The Balaban J connectivity index is 2.69. The van der Waals surface area contributed by atoms with Gasteiger partial charge in [-0.3, -0.25) is 0 Å². The number of hydrogen-bond donors (Lipinski definition) is 1. The van der Waals surface area contributed by atoms with E-state index in [0.29, 0.717) is 29.6 Å². The van der Waals surface area contributed by atoms with Gasteiger partial charge in [-0.25, -0.2) is 0 Å². The molecular formula is C15H19Cl2N3O. The molecule has 1 rings (SSSR count). The van der Waals surface area contributed by atoms with Crippen LogP contribution in [0.25, 0.3) is 0 Å². The third-order valence-electron chi connectivity index (χ3n) is 2.84. The summed E-state index contributed by atoms with van der Waals surface area (Å²) in [6, 6.07) is 7.54. The molecule has 1 aromatic carbocycles. The summed E-state index contributed by atoms with van der Waals surface area (Å²) in [4.78, 5) is 5.18. The van der Waals surface area contributed by atoms with E-state index < -0.39 is 0 Å². The Bertz CT molecular complexity index is 512. The lowest BCUT2D eigenvalue weighted by Gasteiger charge is -2.08. The Labute approximate surface area is 135 Å². The molecule has 0 saturated carbocycles. The van der Waals surface area contributed by atoms with Crippen LogP contribution in [0.5, 0.6) is 0 Å². The first kappa shape index (κ1) is 17.8. The number of unbranched alkanes of at least 4 members (excludes halogenated alkanes) is 3. The van der Waals surface area contributed by atoms with Gasteiger partial charge in [-0.2, -0.15) is 5.26 Å². The Morgan fingerprint density at radius 2 is 2.05 bits per heavy atom. The third-order valence-corrected chi connectivity index (χ3v) is 3.58. The minimum atomic E-state index is 0.374. The minimum absolute atomic E-state index is 0.374. The number of rotatable bonds is 9. The molecule has 0 aromatic heterocycles. The van der Waals surface area contributed by atoms with Gasteiger partial charge < -0.3 is 10.6 Å². The zero-order valence-corrected chi connectivity index (χ0v) is 13.3. The summed E-state index contributed by atoms with van der Waals surface area (Å²) in [5.74, 6) is 0. The fourth-order valence-corrected chi connectivity index (χ4v) is 2.07. The number of nitriles is 1. The molecule has 0 spiro atoms. The highest BCUT2D eigenvalue weighted by molar-refractivity contribution is 6.42. The molecule has 4 nitrogen and oxygen atoms in total. The van der Waals surface area contributed by atoms with E-state index in [1.54, 1.807) is 12.1 Å². The number of hydrogen-bond acceptors (Lipinski definition) is 4. The topological polar surface area (TPSA) is 71.4 Å². The smallest absolute Gasteiger partial charge is 0.129 e. The van der Waals surface area contributed by atoms with Gasteiger partial charge in [-0.15, -0.1) is 0 Å². The van der Waals surface area contributed by atoms with Gasteiger partial charge in [0.2, 0.25) is 0 Å². The number of nitrogens with two attached hydrogens (primary N) is 1. The van der Waals surface area contributed by atoms with E-state index in [2.05, 4.69) is 11.2 Å². The van der Waals surface area contributed by atoms with Crippen LogP contribution in [0.15, 0.2) is 23.4 Å². The number of benzene rings is 1. The van der Waals surface area contributed by atoms with E-state index in [9.17, 15) is 0 Å². The molecule has 2 N–H and O–H groups in total. The van der Waals surface area contributed by atoms with Crippen molar-refractivity contribution in [3.05, 3.63) is 33.8 Å². The fraction of sp³-hybridized carbons (Fsp3) is 0.467. The first-order valence-corrected chi connectivity index (χ1v) is 7.66. The van der Waals surface area contributed by atoms with Crippen molar-refractivity contribution in [2.24, 2.45) is 10.9 Å². The summed E-state index contributed by atoms with van der Waals surface area (Å²) in [7, 11) is 0. The monoisotopic (exact) mass is 327 g/mol. The molecule has 0 unspecified atom stereocenters. The molecule has 0 bridgehead atoms. The van der Waals surface area contributed by atoms with Gasteiger partial charge in [0.1, 0.15) is 6.61 Å². The van der Waals surface area contributed by atoms with Gasteiger partial charge in [-0.1, -0.05) is 40.8 Å². The molecule has 0 aliphatic carbocycles. The second-order valence-electron chi connectivity index (χ2n) is 4.51. The van der Waals surface area contributed by atoms with Crippen molar-refractivity contribution in [1.29, 1.82) is 5.26 Å². The molecule has 0 saturated heterocycles. The normalized spacial score (nSPS) is 11.2. The molecule has 0 radical (unpaired) electrons. The lowest BCUT2D eigenvalue weighted by atomic mass is 10.0. The van der Waals surface area contributed by atoms with Crippen LogP contribution in [-0.4, -0.2) is 18.9 Å². The van der Waals surface area contributed by atoms with Gasteiger partial charge in [0, 0.05) is 18.5 Å². The second kappa shape index (κ2) is 10.4. The molecule has 0 aliphatic heterocycles. The Hall–Kier alpha value is -1.28. The highest BCUT2D eigenvalue weighted by Crippen LogP contribution is 2.24. The first-order valence-electron chi connectivity index (χ1n) is 6.90. The van der Waals surface area contributed by atoms with Gasteiger partial charge >= 0.3 is 0 Å². The van der Waals surface area contributed by atoms with E-state index >= 15 is 0 Å². The van der Waals surface area contributed by atoms with Crippen LogP contribution < -0.4 is 5.73 Å². The van der Waals surface area contributed by atoms with Crippen LogP contribution in [0.2, 0.25) is 10.0 Å². The third kappa shape index (κ3) is 6.81. The molecule has 0 amide bonds. The van der Waals surface area contributed by atoms with E-state index in [-0.39, 0.29) is 0 Å². The Morgan fingerprint density at radius 1 is 1.24 bits per heavy atom. The van der Waals surface area contributed by atoms with Crippen LogP contribution in [-0.2, 0) is 4.84 Å². The largest absolute Gasteiger partial charge is 0.394 e. The molecule has 0 heterocycles. The summed E-state index contributed by atoms with van der Waals surface area (Å²) in [5, 5.41) is 13.7.